The van der Waals surface area contributed by atoms with Crippen LogP contribution in [0.25, 0.3) is 11.0 Å². The van der Waals surface area contributed by atoms with E-state index in [2.05, 4.69) is 42.9 Å². The molecule has 2 aromatic carbocycles. The van der Waals surface area contributed by atoms with Gasteiger partial charge in [-0.3, -0.25) is 10.1 Å². The van der Waals surface area contributed by atoms with Gasteiger partial charge in [-0.2, -0.15) is 0 Å². The molecule has 100 valence electrons. The fourth-order valence-corrected chi connectivity index (χ4v) is 2.37. The third kappa shape index (κ3) is 2.29. The molecule has 3 rings (SSSR count). The van der Waals surface area contributed by atoms with Crippen molar-refractivity contribution in [1.82, 2.24) is 10.3 Å². The standard InChI is InChI=1S/C12H7IN4O3/c13-7-2-1-3-8(6-7)14-9-4-5-10(17(18)19)12-11(9)15-20-16-12/h1-6,14H. The summed E-state index contributed by atoms with van der Waals surface area (Å²) in [4.78, 5) is 10.4. The number of fused-ring (bicyclic) bond motifs is 1. The molecule has 1 N–H and O–H groups in total. The second-order valence-electron chi connectivity index (χ2n) is 3.99. The minimum absolute atomic E-state index is 0.130. The van der Waals surface area contributed by atoms with Crippen molar-refractivity contribution in [1.29, 1.82) is 0 Å². The van der Waals surface area contributed by atoms with E-state index in [0.29, 0.717) is 11.2 Å². The highest BCUT2D eigenvalue weighted by Crippen LogP contribution is 2.30. The molecule has 0 unspecified atom stereocenters. The second-order valence-corrected chi connectivity index (χ2v) is 5.23. The van der Waals surface area contributed by atoms with Gasteiger partial charge in [0.2, 0.25) is 5.52 Å². The number of anilines is 2. The van der Waals surface area contributed by atoms with Crippen LogP contribution in [0.15, 0.2) is 41.0 Å². The normalized spacial score (nSPS) is 10.7. The number of non-ortho nitro benzene ring substituents is 1. The average molecular weight is 382 g/mol. The Kier molecular flexibility index (Phi) is 3.22. The number of hydrogen-bond acceptors (Lipinski definition) is 6. The number of halogens is 1. The lowest BCUT2D eigenvalue weighted by Gasteiger charge is -2.06. The zero-order valence-electron chi connectivity index (χ0n) is 9.91. The van der Waals surface area contributed by atoms with Crippen LogP contribution in [0.3, 0.4) is 0 Å². The molecule has 20 heavy (non-hydrogen) atoms. The molecule has 0 aliphatic rings. The van der Waals surface area contributed by atoms with Crippen LogP contribution >= 0.6 is 22.6 Å². The van der Waals surface area contributed by atoms with Crippen LogP contribution in [-0.4, -0.2) is 15.2 Å². The van der Waals surface area contributed by atoms with Gasteiger partial charge in [-0.05, 0) is 57.2 Å². The predicted molar refractivity (Wildman–Crippen MR) is 80.9 cm³/mol. The summed E-state index contributed by atoms with van der Waals surface area (Å²) >= 11 is 2.20. The van der Waals surface area contributed by atoms with Crippen LogP contribution in [0.4, 0.5) is 17.1 Å². The van der Waals surface area contributed by atoms with Gasteiger partial charge in [0.1, 0.15) is 0 Å². The van der Waals surface area contributed by atoms with E-state index in [0.717, 1.165) is 9.26 Å². The molecule has 1 heterocycles. The third-order valence-corrected chi connectivity index (χ3v) is 3.37. The van der Waals surface area contributed by atoms with E-state index in [-0.39, 0.29) is 11.2 Å². The van der Waals surface area contributed by atoms with Crippen molar-refractivity contribution >= 4 is 50.7 Å². The SMILES string of the molecule is O=[N+]([O-])c1ccc(Nc2cccc(I)c2)c2nonc12. The highest BCUT2D eigenvalue weighted by atomic mass is 127. The highest BCUT2D eigenvalue weighted by molar-refractivity contribution is 14.1. The first-order valence-electron chi connectivity index (χ1n) is 5.57. The van der Waals surface area contributed by atoms with Crippen molar-refractivity contribution in [2.75, 3.05) is 5.32 Å². The van der Waals surface area contributed by atoms with Crippen LogP contribution in [0.2, 0.25) is 0 Å². The fraction of sp³-hybridized carbons (Fsp3) is 0. The van der Waals surface area contributed by atoms with Gasteiger partial charge in [-0.15, -0.1) is 0 Å². The molecule has 0 atom stereocenters. The number of benzene rings is 2. The maximum Gasteiger partial charge on any atom is 0.300 e. The van der Waals surface area contributed by atoms with E-state index < -0.39 is 4.92 Å². The Bertz CT molecular complexity index is 802. The molecule has 1 aromatic heterocycles. The number of nitrogens with zero attached hydrogens (tertiary/aromatic N) is 3. The summed E-state index contributed by atoms with van der Waals surface area (Å²) in [5.74, 6) is 0. The smallest absolute Gasteiger partial charge is 0.300 e. The summed E-state index contributed by atoms with van der Waals surface area (Å²) in [7, 11) is 0. The molecule has 0 bridgehead atoms. The topological polar surface area (TPSA) is 94.1 Å². The third-order valence-electron chi connectivity index (χ3n) is 2.69. The number of nitrogens with one attached hydrogen (secondary N) is 1. The number of nitro benzene ring substituents is 1. The minimum atomic E-state index is -0.512. The predicted octanol–water partition coefficient (Wildman–Crippen LogP) is 3.48. The first-order valence-corrected chi connectivity index (χ1v) is 6.65. The largest absolute Gasteiger partial charge is 0.354 e. The van der Waals surface area contributed by atoms with Crippen molar-refractivity contribution in [3.8, 4) is 0 Å². The molecule has 0 aliphatic carbocycles. The van der Waals surface area contributed by atoms with Crippen LogP contribution < -0.4 is 5.32 Å². The van der Waals surface area contributed by atoms with Crippen LogP contribution in [0, 0.1) is 13.7 Å². The van der Waals surface area contributed by atoms with Crippen LogP contribution in [-0.2, 0) is 0 Å². The Morgan fingerprint density at radius 2 is 2.00 bits per heavy atom. The molecule has 3 aromatic rings. The van der Waals surface area contributed by atoms with Gasteiger partial charge in [0, 0.05) is 15.3 Å². The summed E-state index contributed by atoms with van der Waals surface area (Å²) in [5.41, 5.74) is 1.79. The van der Waals surface area contributed by atoms with E-state index in [1.54, 1.807) is 6.07 Å². The van der Waals surface area contributed by atoms with E-state index >= 15 is 0 Å². The maximum atomic E-state index is 10.9. The quantitative estimate of drug-likeness (QED) is 0.424. The van der Waals surface area contributed by atoms with Crippen LogP contribution in [0.5, 0.6) is 0 Å². The fourth-order valence-electron chi connectivity index (χ4n) is 1.82. The molecule has 0 radical (unpaired) electrons. The molecule has 0 fully saturated rings. The maximum absolute atomic E-state index is 10.9. The zero-order valence-corrected chi connectivity index (χ0v) is 12.1. The second kappa shape index (κ2) is 5.04. The van der Waals surface area contributed by atoms with Crippen molar-refractivity contribution in [3.63, 3.8) is 0 Å². The van der Waals surface area contributed by atoms with E-state index in [1.807, 2.05) is 24.3 Å². The van der Waals surface area contributed by atoms with Crippen molar-refractivity contribution in [2.45, 2.75) is 0 Å². The van der Waals surface area contributed by atoms with Crippen LogP contribution in [0.1, 0.15) is 0 Å². The Labute approximate surface area is 126 Å². The van der Waals surface area contributed by atoms with E-state index in [1.165, 1.54) is 6.07 Å². The zero-order chi connectivity index (χ0) is 14.1. The molecule has 0 amide bonds. The monoisotopic (exact) mass is 382 g/mol. The highest BCUT2D eigenvalue weighted by Gasteiger charge is 2.19. The molecular formula is C12H7IN4O3. The summed E-state index contributed by atoms with van der Waals surface area (Å²) in [5, 5.41) is 21.4. The van der Waals surface area contributed by atoms with Gasteiger partial charge in [0.15, 0.2) is 5.52 Å². The summed E-state index contributed by atoms with van der Waals surface area (Å²) in [6.45, 7) is 0. The Morgan fingerprint density at radius 3 is 2.75 bits per heavy atom. The number of hydrogen-bond donors (Lipinski definition) is 1. The number of aromatic nitrogens is 2. The molecule has 0 saturated heterocycles. The van der Waals surface area contributed by atoms with Gasteiger partial charge in [-0.1, -0.05) is 6.07 Å². The van der Waals surface area contributed by atoms with Crippen molar-refractivity contribution in [3.05, 3.63) is 50.1 Å². The lowest BCUT2D eigenvalue weighted by Crippen LogP contribution is -1.95. The lowest BCUT2D eigenvalue weighted by molar-refractivity contribution is -0.383. The van der Waals surface area contributed by atoms with Gasteiger partial charge in [-0.25, -0.2) is 4.63 Å². The van der Waals surface area contributed by atoms with Gasteiger partial charge in [0.25, 0.3) is 0 Å². The van der Waals surface area contributed by atoms with E-state index in [4.69, 9.17) is 0 Å². The summed E-state index contributed by atoms with van der Waals surface area (Å²) in [6.07, 6.45) is 0. The lowest BCUT2D eigenvalue weighted by atomic mass is 10.2. The molecule has 8 heteroatoms. The summed E-state index contributed by atoms with van der Waals surface area (Å²) < 4.78 is 5.69. The Morgan fingerprint density at radius 1 is 1.20 bits per heavy atom. The first-order chi connectivity index (χ1) is 9.65. The molecular weight excluding hydrogens is 375 g/mol. The molecule has 0 spiro atoms. The number of nitro groups is 1. The molecule has 0 aliphatic heterocycles. The van der Waals surface area contributed by atoms with E-state index in [9.17, 15) is 10.1 Å². The van der Waals surface area contributed by atoms with Gasteiger partial charge >= 0.3 is 5.69 Å². The van der Waals surface area contributed by atoms with Gasteiger partial charge in [0.05, 0.1) is 10.6 Å². The van der Waals surface area contributed by atoms with Crippen molar-refractivity contribution < 1.29 is 9.55 Å². The molecule has 0 saturated carbocycles. The number of rotatable bonds is 3. The van der Waals surface area contributed by atoms with Crippen molar-refractivity contribution in [2.24, 2.45) is 0 Å². The average Bonchev–Trinajstić information content (AvgIpc) is 2.88. The Balaban J connectivity index is 2.07. The molecule has 7 nitrogen and oxygen atoms in total. The summed E-state index contributed by atoms with van der Waals surface area (Å²) in [6, 6.07) is 10.7. The minimum Gasteiger partial charge on any atom is -0.354 e. The Hall–Kier alpha value is -2.23. The van der Waals surface area contributed by atoms with Gasteiger partial charge < -0.3 is 5.32 Å². The first kappa shape index (κ1) is 12.8.